The van der Waals surface area contributed by atoms with Gasteiger partial charge in [-0.1, -0.05) is 0 Å². The Labute approximate surface area is 121 Å². The number of morpholine rings is 1. The predicted octanol–water partition coefficient (Wildman–Crippen LogP) is 2.10. The lowest BCUT2D eigenvalue weighted by Gasteiger charge is -2.38. The molecule has 3 rings (SSSR count). The zero-order valence-electron chi connectivity index (χ0n) is 11.1. The third-order valence-electron chi connectivity index (χ3n) is 3.95. The molecule has 2 fully saturated rings. The average molecular weight is 299 g/mol. The second kappa shape index (κ2) is 5.14. The van der Waals surface area contributed by atoms with Crippen molar-refractivity contribution < 1.29 is 9.66 Å². The molecular weight excluding hydrogens is 284 g/mol. The number of hydrogen-bond acceptors (Lipinski definition) is 6. The first-order chi connectivity index (χ1) is 9.58. The molecule has 0 bridgehead atoms. The van der Waals surface area contributed by atoms with E-state index in [0.29, 0.717) is 24.7 Å². The van der Waals surface area contributed by atoms with Crippen LogP contribution in [0.25, 0.3) is 0 Å². The Hall–Kier alpha value is -1.47. The van der Waals surface area contributed by atoms with Crippen LogP contribution in [0.3, 0.4) is 0 Å². The van der Waals surface area contributed by atoms with E-state index in [0.717, 1.165) is 19.3 Å². The summed E-state index contributed by atoms with van der Waals surface area (Å²) < 4.78 is 5.73. The van der Waals surface area contributed by atoms with Gasteiger partial charge in [0.05, 0.1) is 23.7 Å². The molecule has 8 heteroatoms. The molecule has 1 aromatic heterocycles. The van der Waals surface area contributed by atoms with Crippen molar-refractivity contribution in [3.63, 3.8) is 0 Å². The number of hydrogen-bond donors (Lipinski definition) is 0. The van der Waals surface area contributed by atoms with E-state index in [4.69, 9.17) is 16.3 Å². The van der Waals surface area contributed by atoms with Crippen molar-refractivity contribution in [3.05, 3.63) is 21.1 Å². The second-order valence-corrected chi connectivity index (χ2v) is 5.45. The van der Waals surface area contributed by atoms with E-state index in [2.05, 4.69) is 9.97 Å². The van der Waals surface area contributed by atoms with Gasteiger partial charge in [-0.2, -0.15) is 4.98 Å². The van der Waals surface area contributed by atoms with Crippen molar-refractivity contribution in [1.82, 2.24) is 9.97 Å². The van der Waals surface area contributed by atoms with Crippen LogP contribution in [0.15, 0.2) is 0 Å². The summed E-state index contributed by atoms with van der Waals surface area (Å²) in [7, 11) is 0. The fourth-order valence-corrected chi connectivity index (χ4v) is 3.33. The van der Waals surface area contributed by atoms with Gasteiger partial charge in [-0.15, -0.1) is 0 Å². The lowest BCUT2D eigenvalue weighted by atomic mass is 10.1. The summed E-state index contributed by atoms with van der Waals surface area (Å²) in [4.78, 5) is 20.9. The molecule has 0 spiro atoms. The second-order valence-electron chi connectivity index (χ2n) is 5.11. The summed E-state index contributed by atoms with van der Waals surface area (Å²) in [5, 5.41) is 11.4. The molecule has 0 radical (unpaired) electrons. The molecule has 0 aromatic carbocycles. The molecule has 2 aliphatic rings. The molecular formula is C12H15ClN4O3. The highest BCUT2D eigenvalue weighted by Crippen LogP contribution is 2.37. The molecule has 7 nitrogen and oxygen atoms in total. The van der Waals surface area contributed by atoms with Crippen LogP contribution in [0.2, 0.25) is 5.28 Å². The van der Waals surface area contributed by atoms with Gasteiger partial charge >= 0.3 is 5.69 Å². The maximum Gasteiger partial charge on any atom is 0.332 e. The summed E-state index contributed by atoms with van der Waals surface area (Å²) >= 11 is 5.89. The van der Waals surface area contributed by atoms with E-state index in [1.54, 1.807) is 6.92 Å². The lowest BCUT2D eigenvalue weighted by Crippen LogP contribution is -2.49. The number of anilines is 1. The molecule has 2 unspecified atom stereocenters. The molecule has 108 valence electrons. The van der Waals surface area contributed by atoms with E-state index in [9.17, 15) is 10.1 Å². The van der Waals surface area contributed by atoms with E-state index in [-0.39, 0.29) is 23.1 Å². The highest BCUT2D eigenvalue weighted by atomic mass is 35.5. The quantitative estimate of drug-likeness (QED) is 0.472. The number of ether oxygens (including phenoxy) is 1. The van der Waals surface area contributed by atoms with Crippen LogP contribution in [0, 0.1) is 17.0 Å². The van der Waals surface area contributed by atoms with Gasteiger partial charge in [-0.25, -0.2) is 4.98 Å². The largest absolute Gasteiger partial charge is 0.374 e. The van der Waals surface area contributed by atoms with Crippen LogP contribution in [0.1, 0.15) is 25.0 Å². The minimum Gasteiger partial charge on any atom is -0.374 e. The molecule has 1 aliphatic carbocycles. The standard InChI is InChI=1S/C12H15ClN4O3/c1-7-10(17(18)19)11(15-12(13)14-7)16-5-6-20-9-4-2-3-8(9)16/h8-9H,2-6H2,1H3. The number of fused-ring (bicyclic) bond motifs is 1. The Bertz CT molecular complexity index is 554. The van der Waals surface area contributed by atoms with E-state index < -0.39 is 4.92 Å². The first-order valence-corrected chi connectivity index (χ1v) is 7.02. The molecule has 2 heterocycles. The predicted molar refractivity (Wildman–Crippen MR) is 73.2 cm³/mol. The minimum absolute atomic E-state index is 0.0455. The van der Waals surface area contributed by atoms with E-state index in [1.165, 1.54) is 0 Å². The molecule has 1 saturated heterocycles. The SMILES string of the molecule is Cc1nc(Cl)nc(N2CCOC3CCCC32)c1[N+](=O)[O-]. The smallest absolute Gasteiger partial charge is 0.332 e. The van der Waals surface area contributed by atoms with Crippen molar-refractivity contribution in [1.29, 1.82) is 0 Å². The van der Waals surface area contributed by atoms with Gasteiger partial charge < -0.3 is 9.64 Å². The van der Waals surface area contributed by atoms with Gasteiger partial charge in [-0.05, 0) is 37.8 Å². The third-order valence-corrected chi connectivity index (χ3v) is 4.12. The molecule has 0 N–H and O–H groups in total. The number of nitro groups is 1. The Kier molecular flexibility index (Phi) is 3.47. The Balaban J connectivity index is 2.06. The van der Waals surface area contributed by atoms with Crippen LogP contribution < -0.4 is 4.90 Å². The first kappa shape index (κ1) is 13.5. The third kappa shape index (κ3) is 2.20. The average Bonchev–Trinajstić information content (AvgIpc) is 2.84. The van der Waals surface area contributed by atoms with Crippen molar-refractivity contribution in [2.45, 2.75) is 38.3 Å². The van der Waals surface area contributed by atoms with E-state index >= 15 is 0 Å². The summed E-state index contributed by atoms with van der Waals surface area (Å²) in [5.41, 5.74) is 0.244. The van der Waals surface area contributed by atoms with Gasteiger partial charge in [0.2, 0.25) is 11.1 Å². The van der Waals surface area contributed by atoms with Crippen LogP contribution in [-0.4, -0.2) is 40.2 Å². The van der Waals surface area contributed by atoms with Gasteiger partial charge in [0, 0.05) is 6.54 Å². The molecule has 1 saturated carbocycles. The summed E-state index contributed by atoms with van der Waals surface area (Å²) in [6.45, 7) is 2.73. The first-order valence-electron chi connectivity index (χ1n) is 6.64. The minimum atomic E-state index is -0.430. The summed E-state index contributed by atoms with van der Waals surface area (Å²) in [6.07, 6.45) is 3.16. The van der Waals surface area contributed by atoms with Crippen molar-refractivity contribution in [3.8, 4) is 0 Å². The van der Waals surface area contributed by atoms with Crippen LogP contribution in [-0.2, 0) is 4.74 Å². The summed E-state index contributed by atoms with van der Waals surface area (Å²) in [6, 6.07) is 0.146. The zero-order chi connectivity index (χ0) is 14.3. The van der Waals surface area contributed by atoms with Crippen LogP contribution in [0.5, 0.6) is 0 Å². The maximum absolute atomic E-state index is 11.3. The fraction of sp³-hybridized carbons (Fsp3) is 0.667. The highest BCUT2D eigenvalue weighted by Gasteiger charge is 2.40. The number of aromatic nitrogens is 2. The fourth-order valence-electron chi connectivity index (χ4n) is 3.12. The Morgan fingerprint density at radius 1 is 1.45 bits per heavy atom. The molecule has 2 atom stereocenters. The number of halogens is 1. The Morgan fingerprint density at radius 3 is 3.00 bits per heavy atom. The van der Waals surface area contributed by atoms with Gasteiger partial charge in [-0.3, -0.25) is 10.1 Å². The van der Waals surface area contributed by atoms with Gasteiger partial charge in [0.1, 0.15) is 5.69 Å². The number of rotatable bonds is 2. The molecule has 1 aliphatic heterocycles. The zero-order valence-corrected chi connectivity index (χ0v) is 11.8. The van der Waals surface area contributed by atoms with Crippen molar-refractivity contribution in [2.24, 2.45) is 0 Å². The van der Waals surface area contributed by atoms with Gasteiger partial charge in [0.15, 0.2) is 0 Å². The summed E-state index contributed by atoms with van der Waals surface area (Å²) in [5.74, 6) is 0.327. The van der Waals surface area contributed by atoms with Crippen molar-refractivity contribution >= 4 is 23.1 Å². The highest BCUT2D eigenvalue weighted by molar-refractivity contribution is 6.28. The molecule has 1 aromatic rings. The number of aryl methyl sites for hydroxylation is 1. The van der Waals surface area contributed by atoms with Crippen LogP contribution >= 0.6 is 11.6 Å². The normalized spacial score (nSPS) is 25.6. The van der Waals surface area contributed by atoms with Crippen LogP contribution in [0.4, 0.5) is 11.5 Å². The van der Waals surface area contributed by atoms with Crippen molar-refractivity contribution in [2.75, 3.05) is 18.1 Å². The lowest BCUT2D eigenvalue weighted by molar-refractivity contribution is -0.385. The Morgan fingerprint density at radius 2 is 2.25 bits per heavy atom. The maximum atomic E-state index is 11.3. The van der Waals surface area contributed by atoms with Gasteiger partial charge in [0.25, 0.3) is 0 Å². The topological polar surface area (TPSA) is 81.4 Å². The van der Waals surface area contributed by atoms with E-state index in [1.807, 2.05) is 4.90 Å². The monoisotopic (exact) mass is 298 g/mol. The molecule has 0 amide bonds. The number of nitrogens with zero attached hydrogens (tertiary/aromatic N) is 4. The molecule has 20 heavy (non-hydrogen) atoms.